The zero-order valence-electron chi connectivity index (χ0n) is 11.2. The second-order valence-electron chi connectivity index (χ2n) is 3.88. The molecule has 0 spiro atoms. The van der Waals surface area contributed by atoms with E-state index in [1.165, 1.54) is 0 Å². The number of hydrogen-bond acceptors (Lipinski definition) is 7. The molecule has 0 aliphatic carbocycles. The summed E-state index contributed by atoms with van der Waals surface area (Å²) in [4.78, 5) is 12.9. The molecule has 0 saturated carbocycles. The Labute approximate surface area is 108 Å². The largest absolute Gasteiger partial charge is 0.354 e. The molecule has 102 valence electrons. The third-order valence-electron chi connectivity index (χ3n) is 2.13. The minimum absolute atomic E-state index is 0.543. The summed E-state index contributed by atoms with van der Waals surface area (Å²) in [6.07, 6.45) is 2.05. The van der Waals surface area contributed by atoms with E-state index in [0.717, 1.165) is 25.9 Å². The highest BCUT2D eigenvalue weighted by molar-refractivity contribution is 5.42. The van der Waals surface area contributed by atoms with Gasteiger partial charge < -0.3 is 21.7 Å². The molecule has 7 heteroatoms. The molecule has 1 aromatic heterocycles. The van der Waals surface area contributed by atoms with Gasteiger partial charge >= 0.3 is 0 Å². The lowest BCUT2D eigenvalue weighted by Crippen LogP contribution is -2.17. The van der Waals surface area contributed by atoms with Crippen LogP contribution in [0.4, 0.5) is 17.8 Å². The molecule has 5 N–H and O–H groups in total. The molecule has 0 unspecified atom stereocenters. The first-order chi connectivity index (χ1) is 8.80. The lowest BCUT2D eigenvalue weighted by molar-refractivity contribution is 0.908. The molecule has 0 aliphatic heterocycles. The van der Waals surface area contributed by atoms with Crippen molar-refractivity contribution in [2.75, 3.05) is 42.1 Å². The summed E-state index contributed by atoms with van der Waals surface area (Å²) in [5.41, 5.74) is 5.45. The maximum absolute atomic E-state index is 5.45. The lowest BCUT2D eigenvalue weighted by Gasteiger charge is -2.10. The van der Waals surface area contributed by atoms with Crippen molar-refractivity contribution in [1.29, 1.82) is 0 Å². The van der Waals surface area contributed by atoms with Gasteiger partial charge in [0.05, 0.1) is 0 Å². The molecule has 0 fully saturated rings. The molecule has 1 rings (SSSR count). The van der Waals surface area contributed by atoms with Crippen molar-refractivity contribution in [3.05, 3.63) is 0 Å². The molecule has 1 aromatic rings. The Kier molecular flexibility index (Phi) is 6.78. The van der Waals surface area contributed by atoms with Gasteiger partial charge in [-0.05, 0) is 12.8 Å². The van der Waals surface area contributed by atoms with Crippen LogP contribution in [0.5, 0.6) is 0 Å². The molecular weight excluding hydrogens is 230 g/mol. The first kappa shape index (κ1) is 14.4. The first-order valence-electron chi connectivity index (χ1n) is 6.47. The molecule has 18 heavy (non-hydrogen) atoms. The van der Waals surface area contributed by atoms with Crippen molar-refractivity contribution < 1.29 is 0 Å². The van der Waals surface area contributed by atoms with E-state index in [-0.39, 0.29) is 0 Å². The number of nitrogens with zero attached hydrogens (tertiary/aromatic N) is 3. The van der Waals surface area contributed by atoms with Crippen LogP contribution in [0, 0.1) is 0 Å². The second kappa shape index (κ2) is 8.46. The Bertz CT molecular complexity index is 277. The van der Waals surface area contributed by atoms with E-state index in [2.05, 4.69) is 44.7 Å². The van der Waals surface area contributed by atoms with Gasteiger partial charge in [0.15, 0.2) is 0 Å². The summed E-state index contributed by atoms with van der Waals surface area (Å²) < 4.78 is 0. The molecule has 0 amide bonds. The average Bonchev–Trinajstić information content (AvgIpc) is 2.40. The van der Waals surface area contributed by atoms with Crippen LogP contribution in [0.1, 0.15) is 26.7 Å². The van der Waals surface area contributed by atoms with Crippen LogP contribution in [0.15, 0.2) is 0 Å². The van der Waals surface area contributed by atoms with Crippen LogP contribution in [0.25, 0.3) is 0 Å². The van der Waals surface area contributed by atoms with Crippen molar-refractivity contribution in [2.24, 2.45) is 5.73 Å². The fraction of sp³-hybridized carbons (Fsp3) is 0.727. The van der Waals surface area contributed by atoms with Crippen molar-refractivity contribution in [3.63, 3.8) is 0 Å². The number of anilines is 3. The van der Waals surface area contributed by atoms with E-state index < -0.39 is 0 Å². The van der Waals surface area contributed by atoms with Gasteiger partial charge in [0.1, 0.15) is 0 Å². The van der Waals surface area contributed by atoms with Gasteiger partial charge in [0.2, 0.25) is 17.8 Å². The zero-order valence-corrected chi connectivity index (χ0v) is 11.2. The minimum atomic E-state index is 0.543. The Balaban J connectivity index is 2.74. The van der Waals surface area contributed by atoms with Crippen molar-refractivity contribution in [3.8, 4) is 0 Å². The van der Waals surface area contributed by atoms with Gasteiger partial charge in [0, 0.05) is 26.2 Å². The number of hydrogen-bond donors (Lipinski definition) is 4. The van der Waals surface area contributed by atoms with Crippen LogP contribution in [0.2, 0.25) is 0 Å². The minimum Gasteiger partial charge on any atom is -0.354 e. The van der Waals surface area contributed by atoms with Gasteiger partial charge in [0.25, 0.3) is 0 Å². The maximum atomic E-state index is 5.45. The smallest absolute Gasteiger partial charge is 0.229 e. The Hall–Kier alpha value is -1.63. The Morgan fingerprint density at radius 3 is 1.50 bits per heavy atom. The van der Waals surface area contributed by atoms with E-state index in [1.54, 1.807) is 0 Å². The molecule has 1 heterocycles. The molecular formula is C11H23N7. The third-order valence-corrected chi connectivity index (χ3v) is 2.13. The highest BCUT2D eigenvalue weighted by Gasteiger charge is 2.05. The number of nitrogens with two attached hydrogens (primary N) is 1. The van der Waals surface area contributed by atoms with Gasteiger partial charge in [-0.3, -0.25) is 0 Å². The van der Waals surface area contributed by atoms with Crippen molar-refractivity contribution in [2.45, 2.75) is 26.7 Å². The Morgan fingerprint density at radius 2 is 1.17 bits per heavy atom. The van der Waals surface area contributed by atoms with Crippen LogP contribution >= 0.6 is 0 Å². The SMILES string of the molecule is CCCNc1nc(NCCC)nc(NCCN)n1. The van der Waals surface area contributed by atoms with Gasteiger partial charge in [-0.2, -0.15) is 15.0 Å². The van der Waals surface area contributed by atoms with Crippen LogP contribution < -0.4 is 21.7 Å². The lowest BCUT2D eigenvalue weighted by atomic mass is 10.5. The van der Waals surface area contributed by atoms with E-state index in [9.17, 15) is 0 Å². The highest BCUT2D eigenvalue weighted by Crippen LogP contribution is 2.09. The summed E-state index contributed by atoms with van der Waals surface area (Å²) in [7, 11) is 0. The fourth-order valence-electron chi connectivity index (χ4n) is 1.27. The summed E-state index contributed by atoms with van der Waals surface area (Å²) in [6, 6.07) is 0. The molecule has 0 aliphatic rings. The predicted molar refractivity (Wildman–Crippen MR) is 74.9 cm³/mol. The molecule has 0 atom stereocenters. The summed E-state index contributed by atoms with van der Waals surface area (Å²) in [6.45, 7) is 7.06. The molecule has 7 nitrogen and oxygen atoms in total. The third kappa shape index (κ3) is 5.13. The van der Waals surface area contributed by atoms with Crippen molar-refractivity contribution in [1.82, 2.24) is 15.0 Å². The summed E-state index contributed by atoms with van der Waals surface area (Å²) >= 11 is 0. The topological polar surface area (TPSA) is 101 Å². The second-order valence-corrected chi connectivity index (χ2v) is 3.88. The average molecular weight is 253 g/mol. The Morgan fingerprint density at radius 1 is 0.778 bits per heavy atom. The van der Waals surface area contributed by atoms with Crippen LogP contribution in [0.3, 0.4) is 0 Å². The van der Waals surface area contributed by atoms with Crippen LogP contribution in [-0.2, 0) is 0 Å². The quantitative estimate of drug-likeness (QED) is 0.518. The van der Waals surface area contributed by atoms with Gasteiger partial charge in [-0.15, -0.1) is 0 Å². The van der Waals surface area contributed by atoms with Crippen molar-refractivity contribution >= 4 is 17.8 Å². The standard InChI is InChI=1S/C11H23N7/c1-3-6-13-9-16-10(14-7-4-2)18-11(17-9)15-8-5-12/h3-8,12H2,1-2H3,(H3,13,14,15,16,17,18). The monoisotopic (exact) mass is 253 g/mol. The summed E-state index contributed by atoms with van der Waals surface area (Å²) in [5, 5.41) is 9.37. The molecule has 0 bridgehead atoms. The van der Waals surface area contributed by atoms with E-state index in [0.29, 0.717) is 30.9 Å². The zero-order chi connectivity index (χ0) is 13.2. The van der Waals surface area contributed by atoms with E-state index in [4.69, 9.17) is 5.73 Å². The summed E-state index contributed by atoms with van der Waals surface area (Å²) in [5.74, 6) is 1.72. The maximum Gasteiger partial charge on any atom is 0.229 e. The van der Waals surface area contributed by atoms with Gasteiger partial charge in [-0.25, -0.2) is 0 Å². The fourth-order valence-corrected chi connectivity index (χ4v) is 1.27. The first-order valence-corrected chi connectivity index (χ1v) is 6.47. The number of nitrogens with one attached hydrogen (secondary N) is 3. The molecule has 0 radical (unpaired) electrons. The predicted octanol–water partition coefficient (Wildman–Crippen LogP) is 0.886. The molecule has 0 saturated heterocycles. The van der Waals surface area contributed by atoms with E-state index in [1.807, 2.05) is 0 Å². The normalized spacial score (nSPS) is 10.2. The number of aromatic nitrogens is 3. The number of rotatable bonds is 9. The van der Waals surface area contributed by atoms with Gasteiger partial charge in [-0.1, -0.05) is 13.8 Å². The highest BCUT2D eigenvalue weighted by atomic mass is 15.3. The molecule has 0 aromatic carbocycles. The van der Waals surface area contributed by atoms with Crippen LogP contribution in [-0.4, -0.2) is 41.1 Å². The van der Waals surface area contributed by atoms with E-state index >= 15 is 0 Å².